The fraction of sp³-hybridized carbons (Fsp3) is 0.469. The van der Waals surface area contributed by atoms with Crippen LogP contribution in [0.15, 0.2) is 54.6 Å². The van der Waals surface area contributed by atoms with Crippen LogP contribution in [0.4, 0.5) is 22.0 Å². The van der Waals surface area contributed by atoms with Gasteiger partial charge in [-0.15, -0.1) is 0 Å². The molecule has 0 amide bonds. The molecule has 1 atom stereocenters. The van der Waals surface area contributed by atoms with Crippen molar-refractivity contribution in [2.45, 2.75) is 51.0 Å². The SMILES string of the molecule is C[C@H]1CCCN(c2cc(N3CCc4ccccc4C3)nc(NC(=S)NCC3(c4ccc(F)cc4)CCOCC3)n2)C1. The van der Waals surface area contributed by atoms with Crippen molar-refractivity contribution in [3.63, 3.8) is 0 Å². The number of hydrogen-bond acceptors (Lipinski definition) is 6. The highest BCUT2D eigenvalue weighted by Gasteiger charge is 2.34. The zero-order valence-corrected chi connectivity index (χ0v) is 24.6. The third-order valence-corrected chi connectivity index (χ3v) is 9.10. The van der Waals surface area contributed by atoms with Crippen molar-refractivity contribution in [2.75, 3.05) is 54.5 Å². The lowest BCUT2D eigenvalue weighted by Gasteiger charge is -2.38. The summed E-state index contributed by atoms with van der Waals surface area (Å²) in [7, 11) is 0. The summed E-state index contributed by atoms with van der Waals surface area (Å²) in [5.74, 6) is 2.77. The summed E-state index contributed by atoms with van der Waals surface area (Å²) >= 11 is 5.77. The highest BCUT2D eigenvalue weighted by atomic mass is 32.1. The van der Waals surface area contributed by atoms with Crippen LogP contribution in [0.3, 0.4) is 0 Å². The third-order valence-electron chi connectivity index (χ3n) is 8.85. The molecule has 0 saturated carbocycles. The molecular formula is C32H39FN6OS. The van der Waals surface area contributed by atoms with Crippen molar-refractivity contribution >= 4 is 34.9 Å². The number of halogens is 1. The predicted octanol–water partition coefficient (Wildman–Crippen LogP) is 5.45. The van der Waals surface area contributed by atoms with Gasteiger partial charge in [-0.25, -0.2) is 4.39 Å². The van der Waals surface area contributed by atoms with Crippen LogP contribution >= 0.6 is 12.2 Å². The van der Waals surface area contributed by atoms with Gasteiger partial charge in [-0.1, -0.05) is 43.3 Å². The van der Waals surface area contributed by atoms with Crippen LogP contribution in [0.25, 0.3) is 0 Å². The normalized spacial score (nSPS) is 20.3. The smallest absolute Gasteiger partial charge is 0.232 e. The van der Waals surface area contributed by atoms with E-state index in [2.05, 4.69) is 57.7 Å². The van der Waals surface area contributed by atoms with E-state index in [0.717, 1.165) is 69.1 Å². The Balaban J connectivity index is 1.21. The number of nitrogens with one attached hydrogen (secondary N) is 2. The zero-order valence-electron chi connectivity index (χ0n) is 23.7. The second-order valence-electron chi connectivity index (χ2n) is 11.7. The van der Waals surface area contributed by atoms with Crippen molar-refractivity contribution in [2.24, 2.45) is 5.92 Å². The third kappa shape index (κ3) is 6.46. The van der Waals surface area contributed by atoms with Gasteiger partial charge in [0.1, 0.15) is 17.5 Å². The molecule has 7 nitrogen and oxygen atoms in total. The molecule has 0 aliphatic carbocycles. The van der Waals surface area contributed by atoms with E-state index in [1.165, 1.54) is 29.7 Å². The van der Waals surface area contributed by atoms with E-state index in [-0.39, 0.29) is 11.2 Å². The molecule has 2 saturated heterocycles. The fourth-order valence-corrected chi connectivity index (χ4v) is 6.58. The summed E-state index contributed by atoms with van der Waals surface area (Å²) in [5.41, 5.74) is 3.67. The molecule has 0 unspecified atom stereocenters. The van der Waals surface area contributed by atoms with Crippen molar-refractivity contribution in [1.29, 1.82) is 0 Å². The minimum atomic E-state index is -0.228. The first kappa shape index (κ1) is 27.8. The Morgan fingerprint density at radius 1 is 1.02 bits per heavy atom. The number of piperidine rings is 1. The van der Waals surface area contributed by atoms with Gasteiger partial charge in [0, 0.05) is 57.4 Å². The molecule has 0 spiro atoms. The lowest BCUT2D eigenvalue weighted by atomic mass is 9.74. The van der Waals surface area contributed by atoms with Gasteiger partial charge in [0.15, 0.2) is 5.11 Å². The van der Waals surface area contributed by atoms with Gasteiger partial charge < -0.3 is 25.2 Å². The van der Waals surface area contributed by atoms with Crippen molar-refractivity contribution in [3.8, 4) is 0 Å². The maximum absolute atomic E-state index is 13.7. The van der Waals surface area contributed by atoms with E-state index in [1.807, 2.05) is 12.1 Å². The Morgan fingerprint density at radius 2 is 1.76 bits per heavy atom. The van der Waals surface area contributed by atoms with Crippen molar-refractivity contribution < 1.29 is 9.13 Å². The molecule has 0 bridgehead atoms. The molecule has 4 heterocycles. The van der Waals surface area contributed by atoms with Crippen LogP contribution in [0.5, 0.6) is 0 Å². The largest absolute Gasteiger partial charge is 0.381 e. The van der Waals surface area contributed by atoms with Crippen LogP contribution < -0.4 is 20.4 Å². The van der Waals surface area contributed by atoms with E-state index >= 15 is 0 Å². The van der Waals surface area contributed by atoms with E-state index < -0.39 is 0 Å². The number of nitrogens with zero attached hydrogens (tertiary/aromatic N) is 4. The minimum Gasteiger partial charge on any atom is -0.381 e. The molecule has 2 aromatic carbocycles. The number of ether oxygens (including phenoxy) is 1. The zero-order chi connectivity index (χ0) is 28.2. The van der Waals surface area contributed by atoms with Gasteiger partial charge >= 0.3 is 0 Å². The monoisotopic (exact) mass is 574 g/mol. The average molecular weight is 575 g/mol. The summed E-state index contributed by atoms with van der Waals surface area (Å²) in [6.45, 7) is 7.98. The predicted molar refractivity (Wildman–Crippen MR) is 166 cm³/mol. The minimum absolute atomic E-state index is 0.184. The van der Waals surface area contributed by atoms with Gasteiger partial charge in [-0.2, -0.15) is 9.97 Å². The molecule has 41 heavy (non-hydrogen) atoms. The number of aromatic nitrogens is 2. The Labute approximate surface area is 247 Å². The molecule has 216 valence electrons. The van der Waals surface area contributed by atoms with E-state index in [4.69, 9.17) is 26.9 Å². The highest BCUT2D eigenvalue weighted by Crippen LogP contribution is 2.35. The van der Waals surface area contributed by atoms with Crippen LogP contribution in [0.2, 0.25) is 0 Å². The molecule has 2 N–H and O–H groups in total. The first-order valence-electron chi connectivity index (χ1n) is 14.8. The summed E-state index contributed by atoms with van der Waals surface area (Å²) in [6, 6.07) is 17.6. The molecular weight excluding hydrogens is 535 g/mol. The molecule has 3 aromatic rings. The first-order chi connectivity index (χ1) is 20.0. The van der Waals surface area contributed by atoms with Gasteiger partial charge in [-0.3, -0.25) is 0 Å². The lowest BCUT2D eigenvalue weighted by Crippen LogP contribution is -2.45. The van der Waals surface area contributed by atoms with Gasteiger partial charge in [0.2, 0.25) is 5.95 Å². The Hall–Kier alpha value is -3.30. The standard InChI is InChI=1S/C32H39FN6OS/c1-23-5-4-15-38(20-23)28-19-29(39-16-12-24-6-2-3-7-25(24)21-39)36-30(35-28)37-31(41)34-22-32(13-17-40-18-14-32)26-8-10-27(33)11-9-26/h2-3,6-11,19,23H,4-5,12-18,20-22H2,1H3,(H2,34,35,36,37,41)/t23-/m0/s1. The molecule has 9 heteroatoms. The number of hydrogen-bond donors (Lipinski definition) is 2. The van der Waals surface area contributed by atoms with Gasteiger partial charge in [0.05, 0.1) is 0 Å². The molecule has 1 aromatic heterocycles. The van der Waals surface area contributed by atoms with E-state index in [1.54, 1.807) is 0 Å². The Bertz CT molecular complexity index is 1360. The summed E-state index contributed by atoms with van der Waals surface area (Å²) in [6.07, 6.45) is 5.09. The van der Waals surface area contributed by atoms with Crippen LogP contribution in [-0.2, 0) is 23.1 Å². The maximum atomic E-state index is 13.7. The fourth-order valence-electron chi connectivity index (χ4n) is 6.42. The molecule has 3 aliphatic heterocycles. The maximum Gasteiger partial charge on any atom is 0.232 e. The van der Waals surface area contributed by atoms with E-state index in [9.17, 15) is 4.39 Å². The van der Waals surface area contributed by atoms with Crippen molar-refractivity contribution in [1.82, 2.24) is 15.3 Å². The number of benzene rings is 2. The number of thiocarbonyl (C=S) groups is 1. The van der Waals surface area contributed by atoms with Crippen LogP contribution in [0.1, 0.15) is 49.3 Å². The lowest BCUT2D eigenvalue weighted by molar-refractivity contribution is 0.0515. The Morgan fingerprint density at radius 3 is 2.51 bits per heavy atom. The first-order valence-corrected chi connectivity index (χ1v) is 15.2. The second-order valence-corrected chi connectivity index (χ2v) is 12.2. The molecule has 6 rings (SSSR count). The molecule has 3 aliphatic rings. The number of fused-ring (bicyclic) bond motifs is 1. The van der Waals surface area contributed by atoms with Crippen LogP contribution in [-0.4, -0.2) is 54.5 Å². The van der Waals surface area contributed by atoms with Gasteiger partial charge in [0.25, 0.3) is 0 Å². The van der Waals surface area contributed by atoms with Crippen LogP contribution in [0, 0.1) is 11.7 Å². The highest BCUT2D eigenvalue weighted by molar-refractivity contribution is 7.80. The average Bonchev–Trinajstić information content (AvgIpc) is 3.00. The number of rotatable bonds is 6. The summed E-state index contributed by atoms with van der Waals surface area (Å²) in [5, 5.41) is 7.22. The Kier molecular flexibility index (Phi) is 8.35. The van der Waals surface area contributed by atoms with Crippen molar-refractivity contribution in [3.05, 3.63) is 77.1 Å². The summed E-state index contributed by atoms with van der Waals surface area (Å²) < 4.78 is 19.3. The molecule has 2 fully saturated rings. The summed E-state index contributed by atoms with van der Waals surface area (Å²) in [4.78, 5) is 14.6. The van der Waals surface area contributed by atoms with Gasteiger partial charge in [-0.05, 0) is 79.1 Å². The quantitative estimate of drug-likeness (QED) is 0.377. The number of anilines is 3. The topological polar surface area (TPSA) is 65.5 Å². The molecule has 0 radical (unpaired) electrons. The second kappa shape index (κ2) is 12.3. The van der Waals surface area contributed by atoms with E-state index in [0.29, 0.717) is 36.7 Å².